The van der Waals surface area contributed by atoms with E-state index >= 15 is 0 Å². The van der Waals surface area contributed by atoms with Gasteiger partial charge in [0.1, 0.15) is 6.10 Å². The van der Waals surface area contributed by atoms with Crippen molar-refractivity contribution in [1.29, 1.82) is 5.26 Å². The predicted octanol–water partition coefficient (Wildman–Crippen LogP) is 0.396. The highest BCUT2D eigenvalue weighted by molar-refractivity contribution is 7.86. The summed E-state index contributed by atoms with van der Waals surface area (Å²) in [7, 11) is -7.51. The summed E-state index contributed by atoms with van der Waals surface area (Å²) < 4.78 is 58.8. The van der Waals surface area contributed by atoms with E-state index in [-0.39, 0.29) is 13.2 Å². The van der Waals surface area contributed by atoms with E-state index < -0.39 is 32.9 Å². The largest absolute Gasteiger partial charge is 0.374 e. The third-order valence-electron chi connectivity index (χ3n) is 2.43. The topological polar surface area (TPSA) is 120 Å². The predicted molar refractivity (Wildman–Crippen MR) is 81.3 cm³/mol. The summed E-state index contributed by atoms with van der Waals surface area (Å²) in [5.41, 5.74) is 1.28. The molecule has 1 aromatic carbocycles. The first-order chi connectivity index (χ1) is 10.6. The van der Waals surface area contributed by atoms with Gasteiger partial charge in [0, 0.05) is 0 Å². The monoisotopic (exact) mass is 363 g/mol. The van der Waals surface area contributed by atoms with Gasteiger partial charge in [-0.25, -0.2) is 0 Å². The van der Waals surface area contributed by atoms with Crippen LogP contribution in [0, 0.1) is 11.3 Å². The van der Waals surface area contributed by atoms with Crippen LogP contribution < -0.4 is 0 Å². The van der Waals surface area contributed by atoms with Crippen molar-refractivity contribution < 1.29 is 29.9 Å². The van der Waals surface area contributed by atoms with Crippen molar-refractivity contribution in [2.45, 2.75) is 12.7 Å². The molecule has 0 amide bonds. The van der Waals surface area contributed by atoms with E-state index in [0.717, 1.165) is 18.1 Å². The van der Waals surface area contributed by atoms with Crippen LogP contribution in [0.3, 0.4) is 0 Å². The van der Waals surface area contributed by atoms with E-state index in [0.29, 0.717) is 5.56 Å². The van der Waals surface area contributed by atoms with Gasteiger partial charge in [0.25, 0.3) is 20.2 Å². The minimum atomic E-state index is -3.79. The van der Waals surface area contributed by atoms with Crippen LogP contribution in [0.5, 0.6) is 0 Å². The van der Waals surface area contributed by atoms with Crippen LogP contribution in [0.2, 0.25) is 0 Å². The molecule has 1 atom stereocenters. The van der Waals surface area contributed by atoms with Gasteiger partial charge in [0.15, 0.2) is 0 Å². The van der Waals surface area contributed by atoms with Gasteiger partial charge < -0.3 is 4.74 Å². The third-order valence-corrected chi connectivity index (χ3v) is 3.62. The van der Waals surface area contributed by atoms with Gasteiger partial charge in [0.2, 0.25) is 0 Å². The molecule has 23 heavy (non-hydrogen) atoms. The Labute approximate surface area is 135 Å². The maximum Gasteiger partial charge on any atom is 0.264 e. The standard InChI is InChI=1S/C13H17NO7S2/c1-22(15,16)20-10-13(21-23(2,17)18)9-19-8-12-5-3-11(7-14)4-6-12/h3-6,13H,8-10H2,1-2H3. The third kappa shape index (κ3) is 9.27. The van der Waals surface area contributed by atoms with Crippen molar-refractivity contribution in [3.63, 3.8) is 0 Å². The van der Waals surface area contributed by atoms with E-state index in [9.17, 15) is 16.8 Å². The Kier molecular flexibility index (Phi) is 7.11. The summed E-state index contributed by atoms with van der Waals surface area (Å²) in [5.74, 6) is 0. The second kappa shape index (κ2) is 8.37. The molecule has 0 N–H and O–H groups in total. The maximum atomic E-state index is 11.2. The lowest BCUT2D eigenvalue weighted by Gasteiger charge is -2.16. The zero-order valence-electron chi connectivity index (χ0n) is 12.6. The highest BCUT2D eigenvalue weighted by Gasteiger charge is 2.18. The van der Waals surface area contributed by atoms with Crippen molar-refractivity contribution >= 4 is 20.2 Å². The molecule has 128 valence electrons. The Hall–Kier alpha value is -1.51. The number of hydrogen-bond donors (Lipinski definition) is 0. The molecule has 0 aliphatic rings. The molecule has 0 bridgehead atoms. The fourth-order valence-electron chi connectivity index (χ4n) is 1.53. The Morgan fingerprint density at radius 2 is 1.65 bits per heavy atom. The zero-order chi connectivity index (χ0) is 17.5. The second-order valence-electron chi connectivity index (χ2n) is 4.73. The van der Waals surface area contributed by atoms with Gasteiger partial charge in [-0.05, 0) is 17.7 Å². The molecule has 10 heteroatoms. The number of nitriles is 1. The van der Waals surface area contributed by atoms with Crippen LogP contribution in [-0.4, -0.2) is 48.7 Å². The van der Waals surface area contributed by atoms with E-state index in [1.165, 1.54) is 0 Å². The summed E-state index contributed by atoms with van der Waals surface area (Å²) in [6.45, 7) is -0.504. The van der Waals surface area contributed by atoms with E-state index in [1.807, 2.05) is 6.07 Å². The van der Waals surface area contributed by atoms with Gasteiger partial charge in [0.05, 0.1) is 44.0 Å². The summed E-state index contributed by atoms with van der Waals surface area (Å²) in [4.78, 5) is 0. The van der Waals surface area contributed by atoms with Crippen LogP contribution in [0.25, 0.3) is 0 Å². The van der Waals surface area contributed by atoms with Crippen LogP contribution in [0.4, 0.5) is 0 Å². The molecule has 1 unspecified atom stereocenters. The molecule has 0 spiro atoms. The summed E-state index contributed by atoms with van der Waals surface area (Å²) in [6.07, 6.45) is 0.613. The average Bonchev–Trinajstić information content (AvgIpc) is 2.43. The fourth-order valence-corrected chi connectivity index (χ4v) is 2.54. The molecule has 0 heterocycles. The molecule has 0 saturated carbocycles. The van der Waals surface area contributed by atoms with Crippen molar-refractivity contribution in [2.75, 3.05) is 25.7 Å². The summed E-state index contributed by atoms with van der Waals surface area (Å²) >= 11 is 0. The van der Waals surface area contributed by atoms with Crippen LogP contribution in [0.1, 0.15) is 11.1 Å². The zero-order valence-corrected chi connectivity index (χ0v) is 14.3. The summed E-state index contributed by atoms with van der Waals surface area (Å²) in [5, 5.41) is 8.69. The summed E-state index contributed by atoms with van der Waals surface area (Å²) in [6, 6.07) is 8.61. The van der Waals surface area contributed by atoms with Gasteiger partial charge in [-0.1, -0.05) is 12.1 Å². The molecular formula is C13H17NO7S2. The van der Waals surface area contributed by atoms with E-state index in [4.69, 9.17) is 14.2 Å². The Morgan fingerprint density at radius 1 is 1.04 bits per heavy atom. The lowest BCUT2D eigenvalue weighted by molar-refractivity contribution is 0.0235. The Morgan fingerprint density at radius 3 is 2.13 bits per heavy atom. The highest BCUT2D eigenvalue weighted by atomic mass is 32.2. The number of rotatable bonds is 9. The SMILES string of the molecule is CS(=O)(=O)OCC(COCc1ccc(C#N)cc1)OS(C)(=O)=O. The van der Waals surface area contributed by atoms with Crippen molar-refractivity contribution in [1.82, 2.24) is 0 Å². The molecule has 0 saturated heterocycles. The van der Waals surface area contributed by atoms with Crippen molar-refractivity contribution in [3.05, 3.63) is 35.4 Å². The van der Waals surface area contributed by atoms with Gasteiger partial charge >= 0.3 is 0 Å². The molecular weight excluding hydrogens is 346 g/mol. The fraction of sp³-hybridized carbons (Fsp3) is 0.462. The number of nitrogens with zero attached hydrogens (tertiary/aromatic N) is 1. The first-order valence-corrected chi connectivity index (χ1v) is 10.0. The lowest BCUT2D eigenvalue weighted by Crippen LogP contribution is -2.29. The smallest absolute Gasteiger partial charge is 0.264 e. The normalized spacial score (nSPS) is 13.4. The molecule has 0 radical (unpaired) electrons. The van der Waals surface area contributed by atoms with E-state index in [1.54, 1.807) is 24.3 Å². The van der Waals surface area contributed by atoms with Gasteiger partial charge in [-0.15, -0.1) is 0 Å². The van der Waals surface area contributed by atoms with Crippen molar-refractivity contribution in [3.8, 4) is 6.07 Å². The second-order valence-corrected chi connectivity index (χ2v) is 7.98. The van der Waals surface area contributed by atoms with Crippen molar-refractivity contribution in [2.24, 2.45) is 0 Å². The molecule has 8 nitrogen and oxygen atoms in total. The molecule has 0 aliphatic carbocycles. The number of hydrogen-bond acceptors (Lipinski definition) is 8. The minimum absolute atomic E-state index is 0.147. The number of ether oxygens (including phenoxy) is 1. The van der Waals surface area contributed by atoms with Gasteiger partial charge in [-0.2, -0.15) is 22.1 Å². The van der Waals surface area contributed by atoms with Gasteiger partial charge in [-0.3, -0.25) is 8.37 Å². The van der Waals surface area contributed by atoms with Crippen LogP contribution in [0.15, 0.2) is 24.3 Å². The first kappa shape index (κ1) is 19.5. The molecule has 1 aromatic rings. The first-order valence-electron chi connectivity index (χ1n) is 6.38. The molecule has 1 rings (SSSR count). The maximum absolute atomic E-state index is 11.2. The Balaban J connectivity index is 2.56. The minimum Gasteiger partial charge on any atom is -0.374 e. The molecule has 0 aromatic heterocycles. The van der Waals surface area contributed by atoms with Crippen LogP contribution in [-0.2, 0) is 39.9 Å². The van der Waals surface area contributed by atoms with E-state index in [2.05, 4.69) is 4.18 Å². The Bertz CT molecular complexity index is 749. The van der Waals surface area contributed by atoms with Crippen LogP contribution >= 0.6 is 0 Å². The number of benzene rings is 1. The molecule has 0 aliphatic heterocycles. The highest BCUT2D eigenvalue weighted by Crippen LogP contribution is 2.07. The average molecular weight is 363 g/mol. The molecule has 0 fully saturated rings. The lowest BCUT2D eigenvalue weighted by atomic mass is 10.2. The quantitative estimate of drug-likeness (QED) is 0.578.